The quantitative estimate of drug-likeness (QED) is 0.917. The first-order chi connectivity index (χ1) is 9.81. The summed E-state index contributed by atoms with van der Waals surface area (Å²) in [6, 6.07) is 4.65. The molecule has 1 aromatic rings. The molecule has 1 fully saturated rings. The molecule has 2 rings (SSSR count). The van der Waals surface area contributed by atoms with Crippen LogP contribution in [0.15, 0.2) is 18.2 Å². The van der Waals surface area contributed by atoms with Crippen LogP contribution in [0.4, 0.5) is 8.78 Å². The van der Waals surface area contributed by atoms with Crippen LogP contribution in [0.3, 0.4) is 0 Å². The second kappa shape index (κ2) is 6.41. The van der Waals surface area contributed by atoms with E-state index in [2.05, 4.69) is 37.9 Å². The number of rotatable bonds is 3. The maximum atomic E-state index is 13.9. The van der Waals surface area contributed by atoms with Crippen molar-refractivity contribution >= 4 is 0 Å². The summed E-state index contributed by atoms with van der Waals surface area (Å²) in [5.74, 6) is -0.968. The fourth-order valence-corrected chi connectivity index (χ4v) is 3.05. The Morgan fingerprint density at radius 2 is 2.00 bits per heavy atom. The number of nitrogens with zero attached hydrogens (tertiary/aromatic N) is 1. The van der Waals surface area contributed by atoms with E-state index in [0.717, 1.165) is 25.6 Å². The second-order valence-electron chi connectivity index (χ2n) is 7.06. The summed E-state index contributed by atoms with van der Waals surface area (Å²) in [5.41, 5.74) is 0.685. The molecule has 1 aromatic carbocycles. The van der Waals surface area contributed by atoms with Gasteiger partial charge in [-0.3, -0.25) is 4.90 Å². The number of hydrogen-bond donors (Lipinski definition) is 1. The molecule has 1 aliphatic heterocycles. The van der Waals surface area contributed by atoms with Gasteiger partial charge in [-0.1, -0.05) is 33.8 Å². The largest absolute Gasteiger partial charge is 0.311 e. The molecule has 1 saturated heterocycles. The Bertz CT molecular complexity index is 482. The predicted molar refractivity (Wildman–Crippen MR) is 82.1 cm³/mol. The smallest absolute Gasteiger partial charge is 0.130 e. The van der Waals surface area contributed by atoms with Gasteiger partial charge < -0.3 is 5.32 Å². The minimum absolute atomic E-state index is 0.113. The molecule has 0 spiro atoms. The summed E-state index contributed by atoms with van der Waals surface area (Å²) >= 11 is 0. The highest BCUT2D eigenvalue weighted by molar-refractivity contribution is 5.19. The third kappa shape index (κ3) is 4.01. The zero-order chi connectivity index (χ0) is 15.6. The molecule has 4 heteroatoms. The van der Waals surface area contributed by atoms with Crippen LogP contribution < -0.4 is 5.32 Å². The SMILES string of the molecule is CCC1CN(Cc2ccc(F)cc2F)C(C(C)(C)C)CN1. The molecule has 21 heavy (non-hydrogen) atoms. The standard InChI is InChI=1S/C17H26F2N2/c1-5-14-11-21(16(9-20-14)17(2,3)4)10-12-6-7-13(18)8-15(12)19/h6-8,14,16,20H,5,9-11H2,1-4H3. The van der Waals surface area contributed by atoms with Crippen LogP contribution in [0.5, 0.6) is 0 Å². The van der Waals surface area contributed by atoms with Crippen LogP contribution in [-0.2, 0) is 6.54 Å². The van der Waals surface area contributed by atoms with E-state index < -0.39 is 11.6 Å². The van der Waals surface area contributed by atoms with Crippen molar-refractivity contribution < 1.29 is 8.78 Å². The Kier molecular flexibility index (Phi) is 4.99. The molecule has 0 amide bonds. The zero-order valence-electron chi connectivity index (χ0n) is 13.4. The van der Waals surface area contributed by atoms with Crippen LogP contribution in [0.2, 0.25) is 0 Å². The molecular weight excluding hydrogens is 270 g/mol. The van der Waals surface area contributed by atoms with Crippen molar-refractivity contribution in [2.75, 3.05) is 13.1 Å². The normalized spacial score (nSPS) is 24.3. The van der Waals surface area contributed by atoms with Crippen LogP contribution in [0.1, 0.15) is 39.7 Å². The van der Waals surface area contributed by atoms with E-state index in [-0.39, 0.29) is 5.41 Å². The van der Waals surface area contributed by atoms with Gasteiger partial charge in [-0.25, -0.2) is 8.78 Å². The average molecular weight is 296 g/mol. The Hall–Kier alpha value is -1.00. The van der Waals surface area contributed by atoms with Gasteiger partial charge in [-0.15, -0.1) is 0 Å². The number of halogens is 2. The highest BCUT2D eigenvalue weighted by Gasteiger charge is 2.35. The first-order valence-corrected chi connectivity index (χ1v) is 7.72. The lowest BCUT2D eigenvalue weighted by molar-refractivity contribution is 0.0476. The Labute approximate surface area is 126 Å². The van der Waals surface area contributed by atoms with E-state index in [1.807, 2.05) is 0 Å². The molecule has 1 aliphatic rings. The van der Waals surface area contributed by atoms with Crippen molar-refractivity contribution in [3.63, 3.8) is 0 Å². The highest BCUT2D eigenvalue weighted by Crippen LogP contribution is 2.28. The van der Waals surface area contributed by atoms with Crippen molar-refractivity contribution in [3.8, 4) is 0 Å². The third-order valence-corrected chi connectivity index (χ3v) is 4.38. The second-order valence-corrected chi connectivity index (χ2v) is 7.06. The Morgan fingerprint density at radius 3 is 2.57 bits per heavy atom. The lowest BCUT2D eigenvalue weighted by atomic mass is 9.83. The number of piperazine rings is 1. The summed E-state index contributed by atoms with van der Waals surface area (Å²) in [7, 11) is 0. The van der Waals surface area contributed by atoms with E-state index in [1.54, 1.807) is 6.07 Å². The molecule has 0 aromatic heterocycles. The van der Waals surface area contributed by atoms with Crippen molar-refractivity contribution in [3.05, 3.63) is 35.4 Å². The van der Waals surface area contributed by atoms with Crippen molar-refractivity contribution in [2.24, 2.45) is 5.41 Å². The van der Waals surface area contributed by atoms with E-state index in [9.17, 15) is 8.78 Å². The molecule has 2 unspecified atom stereocenters. The molecule has 118 valence electrons. The van der Waals surface area contributed by atoms with Crippen LogP contribution in [0, 0.1) is 17.0 Å². The van der Waals surface area contributed by atoms with Crippen molar-refractivity contribution in [1.82, 2.24) is 10.2 Å². The summed E-state index contributed by atoms with van der Waals surface area (Å²) in [6.45, 7) is 11.1. The lowest BCUT2D eigenvalue weighted by Crippen LogP contribution is -2.60. The summed E-state index contributed by atoms with van der Waals surface area (Å²) in [5, 5.41) is 3.57. The molecule has 1 N–H and O–H groups in total. The molecular formula is C17H26F2N2. The monoisotopic (exact) mass is 296 g/mol. The van der Waals surface area contributed by atoms with Gasteiger partial charge in [0.2, 0.25) is 0 Å². The van der Waals surface area contributed by atoms with Gasteiger partial charge in [0, 0.05) is 43.3 Å². The molecule has 0 aliphatic carbocycles. The minimum atomic E-state index is -0.518. The van der Waals surface area contributed by atoms with E-state index in [0.29, 0.717) is 24.2 Å². The number of benzene rings is 1. The molecule has 2 nitrogen and oxygen atoms in total. The van der Waals surface area contributed by atoms with Gasteiger partial charge in [0.15, 0.2) is 0 Å². The van der Waals surface area contributed by atoms with Crippen molar-refractivity contribution in [1.29, 1.82) is 0 Å². The molecule has 2 atom stereocenters. The maximum Gasteiger partial charge on any atom is 0.130 e. The predicted octanol–water partition coefficient (Wildman–Crippen LogP) is 3.56. The van der Waals surface area contributed by atoms with Crippen molar-refractivity contribution in [2.45, 2.75) is 52.7 Å². The third-order valence-electron chi connectivity index (χ3n) is 4.38. The van der Waals surface area contributed by atoms with E-state index >= 15 is 0 Å². The van der Waals surface area contributed by atoms with Crippen LogP contribution >= 0.6 is 0 Å². The fourth-order valence-electron chi connectivity index (χ4n) is 3.05. The molecule has 0 bridgehead atoms. The first-order valence-electron chi connectivity index (χ1n) is 7.72. The molecule has 0 saturated carbocycles. The van der Waals surface area contributed by atoms with Crippen LogP contribution in [-0.4, -0.2) is 30.1 Å². The molecule has 1 heterocycles. The average Bonchev–Trinajstić information content (AvgIpc) is 2.40. The number of hydrogen-bond acceptors (Lipinski definition) is 2. The van der Waals surface area contributed by atoms with E-state index in [1.165, 1.54) is 6.07 Å². The Balaban J connectivity index is 2.19. The number of nitrogens with one attached hydrogen (secondary N) is 1. The first kappa shape index (κ1) is 16.4. The van der Waals surface area contributed by atoms with Gasteiger partial charge in [0.25, 0.3) is 0 Å². The van der Waals surface area contributed by atoms with Gasteiger partial charge in [-0.05, 0) is 17.9 Å². The van der Waals surface area contributed by atoms with Gasteiger partial charge in [0.1, 0.15) is 11.6 Å². The minimum Gasteiger partial charge on any atom is -0.311 e. The summed E-state index contributed by atoms with van der Waals surface area (Å²) in [4.78, 5) is 2.33. The maximum absolute atomic E-state index is 13.9. The Morgan fingerprint density at radius 1 is 1.29 bits per heavy atom. The van der Waals surface area contributed by atoms with Crippen LogP contribution in [0.25, 0.3) is 0 Å². The zero-order valence-corrected chi connectivity index (χ0v) is 13.4. The fraction of sp³-hybridized carbons (Fsp3) is 0.647. The highest BCUT2D eigenvalue weighted by atomic mass is 19.1. The van der Waals surface area contributed by atoms with Gasteiger partial charge >= 0.3 is 0 Å². The summed E-state index contributed by atoms with van der Waals surface area (Å²) < 4.78 is 27.0. The van der Waals surface area contributed by atoms with Gasteiger partial charge in [0.05, 0.1) is 0 Å². The van der Waals surface area contributed by atoms with Gasteiger partial charge in [-0.2, -0.15) is 0 Å². The molecule has 0 radical (unpaired) electrons. The topological polar surface area (TPSA) is 15.3 Å². The van der Waals surface area contributed by atoms with E-state index in [4.69, 9.17) is 0 Å². The summed E-state index contributed by atoms with van der Waals surface area (Å²) in [6.07, 6.45) is 1.05. The lowest BCUT2D eigenvalue weighted by Gasteiger charge is -2.46.